The van der Waals surface area contributed by atoms with E-state index in [-0.39, 0.29) is 0 Å². The number of anilines is 1. The summed E-state index contributed by atoms with van der Waals surface area (Å²) in [5.41, 5.74) is 6.91. The van der Waals surface area contributed by atoms with E-state index in [4.69, 9.17) is 12.2 Å². The Morgan fingerprint density at radius 2 is 1.86 bits per heavy atom. The van der Waals surface area contributed by atoms with Crippen LogP contribution in [0.25, 0.3) is 0 Å². The molecule has 0 unspecified atom stereocenters. The van der Waals surface area contributed by atoms with Crippen LogP contribution in [-0.2, 0) is 0 Å². The van der Waals surface area contributed by atoms with E-state index in [9.17, 15) is 0 Å². The maximum atomic E-state index is 5.22. The average Bonchev–Trinajstić information content (AvgIpc) is 2.47. The van der Waals surface area contributed by atoms with Gasteiger partial charge in [0.05, 0.1) is 5.71 Å². The molecular formula is C16H16BrN3S. The zero-order valence-electron chi connectivity index (χ0n) is 11.9. The highest BCUT2D eigenvalue weighted by Crippen LogP contribution is 2.12. The van der Waals surface area contributed by atoms with E-state index in [1.165, 1.54) is 5.56 Å². The van der Waals surface area contributed by atoms with Crippen molar-refractivity contribution in [1.29, 1.82) is 0 Å². The van der Waals surface area contributed by atoms with Gasteiger partial charge in [-0.25, -0.2) is 0 Å². The number of benzene rings is 2. The van der Waals surface area contributed by atoms with Crippen molar-refractivity contribution in [2.45, 2.75) is 13.8 Å². The van der Waals surface area contributed by atoms with E-state index in [1.54, 1.807) is 0 Å². The maximum absolute atomic E-state index is 5.22. The molecule has 0 aliphatic carbocycles. The predicted molar refractivity (Wildman–Crippen MR) is 96.9 cm³/mol. The molecule has 21 heavy (non-hydrogen) atoms. The van der Waals surface area contributed by atoms with Gasteiger partial charge in [-0.2, -0.15) is 5.10 Å². The molecule has 2 aromatic rings. The number of aryl methyl sites for hydroxylation is 1. The van der Waals surface area contributed by atoms with Crippen molar-refractivity contribution < 1.29 is 0 Å². The van der Waals surface area contributed by atoms with Gasteiger partial charge in [-0.05, 0) is 55.9 Å². The molecule has 2 aromatic carbocycles. The average molecular weight is 362 g/mol. The number of thiocarbonyl (C=S) groups is 1. The van der Waals surface area contributed by atoms with E-state index in [2.05, 4.69) is 31.8 Å². The number of hydrogen-bond acceptors (Lipinski definition) is 2. The number of halogens is 1. The summed E-state index contributed by atoms with van der Waals surface area (Å²) in [7, 11) is 0. The number of hydrogen-bond donors (Lipinski definition) is 2. The molecule has 0 radical (unpaired) electrons. The molecule has 0 aliphatic rings. The maximum Gasteiger partial charge on any atom is 0.191 e. The van der Waals surface area contributed by atoms with Gasteiger partial charge < -0.3 is 5.32 Å². The smallest absolute Gasteiger partial charge is 0.191 e. The fourth-order valence-corrected chi connectivity index (χ4v) is 2.27. The lowest BCUT2D eigenvalue weighted by atomic mass is 10.1. The Bertz CT molecular complexity index is 665. The lowest BCUT2D eigenvalue weighted by molar-refractivity contribution is 1.04. The molecule has 0 fully saturated rings. The Morgan fingerprint density at radius 1 is 1.14 bits per heavy atom. The molecule has 0 saturated heterocycles. The second kappa shape index (κ2) is 7.33. The van der Waals surface area contributed by atoms with Gasteiger partial charge in [0.2, 0.25) is 0 Å². The topological polar surface area (TPSA) is 36.4 Å². The van der Waals surface area contributed by atoms with Crippen molar-refractivity contribution in [2.75, 3.05) is 5.32 Å². The highest BCUT2D eigenvalue weighted by atomic mass is 79.9. The van der Waals surface area contributed by atoms with Crippen molar-refractivity contribution in [3.8, 4) is 0 Å². The standard InChI is InChI=1S/C16H16BrN3S/c1-11-6-8-15(9-7-11)18-16(21)20-19-12(2)13-4-3-5-14(17)10-13/h3-10H,1-2H3,(H2,18,20,21). The van der Waals surface area contributed by atoms with Crippen LogP contribution in [0.2, 0.25) is 0 Å². The molecule has 2 N–H and O–H groups in total. The van der Waals surface area contributed by atoms with E-state index in [0.29, 0.717) is 5.11 Å². The summed E-state index contributed by atoms with van der Waals surface area (Å²) in [6.45, 7) is 3.98. The molecular weight excluding hydrogens is 346 g/mol. The van der Waals surface area contributed by atoms with Gasteiger partial charge in [0.1, 0.15) is 0 Å². The molecule has 2 rings (SSSR count). The first-order chi connectivity index (χ1) is 10.0. The number of nitrogens with one attached hydrogen (secondary N) is 2. The van der Waals surface area contributed by atoms with Gasteiger partial charge in [0.15, 0.2) is 5.11 Å². The highest BCUT2D eigenvalue weighted by Gasteiger charge is 2.00. The second-order valence-electron chi connectivity index (χ2n) is 4.64. The van der Waals surface area contributed by atoms with E-state index >= 15 is 0 Å². The zero-order valence-corrected chi connectivity index (χ0v) is 14.3. The Hall–Kier alpha value is -1.72. The van der Waals surface area contributed by atoms with Crippen molar-refractivity contribution in [3.05, 3.63) is 64.1 Å². The highest BCUT2D eigenvalue weighted by molar-refractivity contribution is 9.10. The SMILES string of the molecule is CC(=NNC(=S)Nc1ccc(C)cc1)c1cccc(Br)c1. The Morgan fingerprint density at radius 3 is 2.52 bits per heavy atom. The van der Waals surface area contributed by atoms with Gasteiger partial charge in [0.25, 0.3) is 0 Å². The van der Waals surface area contributed by atoms with Gasteiger partial charge in [-0.3, -0.25) is 5.43 Å². The molecule has 0 aliphatic heterocycles. The first-order valence-electron chi connectivity index (χ1n) is 6.48. The molecule has 0 bridgehead atoms. The lowest BCUT2D eigenvalue weighted by Crippen LogP contribution is -2.24. The Balaban J connectivity index is 1.96. The fraction of sp³-hybridized carbons (Fsp3) is 0.125. The van der Waals surface area contributed by atoms with Crippen molar-refractivity contribution in [2.24, 2.45) is 5.10 Å². The van der Waals surface area contributed by atoms with Crippen LogP contribution in [0, 0.1) is 6.92 Å². The first-order valence-corrected chi connectivity index (χ1v) is 7.68. The molecule has 3 nitrogen and oxygen atoms in total. The summed E-state index contributed by atoms with van der Waals surface area (Å²) in [4.78, 5) is 0. The molecule has 0 atom stereocenters. The van der Waals surface area contributed by atoms with Crippen LogP contribution in [0.5, 0.6) is 0 Å². The Kier molecular flexibility index (Phi) is 5.47. The van der Waals surface area contributed by atoms with Crippen molar-refractivity contribution in [1.82, 2.24) is 5.43 Å². The Labute approximate surface area is 138 Å². The van der Waals surface area contributed by atoms with E-state index in [1.807, 2.05) is 62.4 Å². The van der Waals surface area contributed by atoms with Crippen LogP contribution < -0.4 is 10.7 Å². The third-order valence-corrected chi connectivity index (χ3v) is 3.56. The number of hydrazone groups is 1. The minimum atomic E-state index is 0.466. The lowest BCUT2D eigenvalue weighted by Gasteiger charge is -2.08. The van der Waals surface area contributed by atoms with Crippen molar-refractivity contribution in [3.63, 3.8) is 0 Å². The van der Waals surface area contributed by atoms with Crippen LogP contribution >= 0.6 is 28.1 Å². The molecule has 0 amide bonds. The molecule has 0 spiro atoms. The summed E-state index contributed by atoms with van der Waals surface area (Å²) >= 11 is 8.67. The quantitative estimate of drug-likeness (QED) is 0.481. The molecule has 0 aromatic heterocycles. The van der Waals surface area contributed by atoms with Crippen LogP contribution in [0.15, 0.2) is 58.1 Å². The number of rotatable bonds is 3. The number of nitrogens with zero attached hydrogens (tertiary/aromatic N) is 1. The molecule has 108 valence electrons. The van der Waals surface area contributed by atoms with E-state index < -0.39 is 0 Å². The minimum absolute atomic E-state index is 0.466. The van der Waals surface area contributed by atoms with Crippen LogP contribution in [-0.4, -0.2) is 10.8 Å². The monoisotopic (exact) mass is 361 g/mol. The predicted octanol–water partition coefficient (Wildman–Crippen LogP) is 4.47. The molecule has 5 heteroatoms. The summed E-state index contributed by atoms with van der Waals surface area (Å²) in [6, 6.07) is 16.0. The summed E-state index contributed by atoms with van der Waals surface area (Å²) in [5, 5.41) is 7.85. The van der Waals surface area contributed by atoms with Gasteiger partial charge >= 0.3 is 0 Å². The summed E-state index contributed by atoms with van der Waals surface area (Å²) in [6.07, 6.45) is 0. The minimum Gasteiger partial charge on any atom is -0.331 e. The first kappa shape index (κ1) is 15.7. The third-order valence-electron chi connectivity index (χ3n) is 2.88. The van der Waals surface area contributed by atoms with Crippen LogP contribution in [0.1, 0.15) is 18.1 Å². The fourth-order valence-electron chi connectivity index (χ4n) is 1.71. The second-order valence-corrected chi connectivity index (χ2v) is 5.96. The summed E-state index contributed by atoms with van der Waals surface area (Å²) in [5.74, 6) is 0. The largest absolute Gasteiger partial charge is 0.331 e. The molecule has 0 heterocycles. The van der Waals surface area contributed by atoms with Gasteiger partial charge in [-0.1, -0.05) is 45.8 Å². The van der Waals surface area contributed by atoms with Gasteiger partial charge in [0, 0.05) is 10.2 Å². The van der Waals surface area contributed by atoms with Crippen LogP contribution in [0.3, 0.4) is 0 Å². The van der Waals surface area contributed by atoms with Crippen LogP contribution in [0.4, 0.5) is 5.69 Å². The third kappa shape index (κ3) is 4.95. The van der Waals surface area contributed by atoms with Crippen molar-refractivity contribution >= 4 is 44.7 Å². The van der Waals surface area contributed by atoms with Gasteiger partial charge in [-0.15, -0.1) is 0 Å². The normalized spacial score (nSPS) is 11.1. The summed E-state index contributed by atoms with van der Waals surface area (Å²) < 4.78 is 1.02. The zero-order chi connectivity index (χ0) is 15.2. The molecule has 0 saturated carbocycles. The van der Waals surface area contributed by atoms with E-state index in [0.717, 1.165) is 21.4 Å².